The lowest BCUT2D eigenvalue weighted by Gasteiger charge is -2.08. The minimum Gasteiger partial charge on any atom is -0.291 e. The molecule has 0 aliphatic rings. The molecule has 0 aliphatic heterocycles. The minimum absolute atomic E-state index is 0. The Bertz CT molecular complexity index is 246. The molecule has 0 heterocycles. The van der Waals surface area contributed by atoms with Crippen LogP contribution in [0.4, 0.5) is 5.69 Å². The van der Waals surface area contributed by atoms with Crippen LogP contribution in [0.25, 0.3) is 0 Å². The average Bonchev–Trinajstić information content (AvgIpc) is 2.04. The smallest absolute Gasteiger partial charge is 0.0663 e. The Balaban J connectivity index is 0.00000121. The molecule has 0 radical (unpaired) electrons. The Hall–Kier alpha value is -1.02. The van der Waals surface area contributed by atoms with Gasteiger partial charge in [0.2, 0.25) is 0 Å². The molecule has 0 unspecified atom stereocenters. The quantitative estimate of drug-likeness (QED) is 0.664. The van der Waals surface area contributed by atoms with Crippen LogP contribution < -0.4 is 5.48 Å². The summed E-state index contributed by atoms with van der Waals surface area (Å²) >= 11 is 0. The molecule has 2 heteroatoms. The van der Waals surface area contributed by atoms with Gasteiger partial charge in [-0.15, -0.1) is 0 Å². The summed E-state index contributed by atoms with van der Waals surface area (Å²) in [7, 11) is 0. The number of hydrogen-bond acceptors (Lipinski definition) is 2. The molecule has 0 fully saturated rings. The third kappa shape index (κ3) is 1.98. The first-order valence-corrected chi connectivity index (χ1v) is 3.78. The summed E-state index contributed by atoms with van der Waals surface area (Å²) in [4.78, 5) is 0. The van der Waals surface area contributed by atoms with Gasteiger partial charge in [-0.25, -0.2) is 0 Å². The number of benzene rings is 1. The molecule has 0 aromatic heterocycles. The molecule has 1 rings (SSSR count). The highest BCUT2D eigenvalue weighted by Crippen LogP contribution is 2.19. The van der Waals surface area contributed by atoms with Crippen molar-refractivity contribution >= 4 is 5.69 Å². The van der Waals surface area contributed by atoms with Gasteiger partial charge >= 0.3 is 0 Å². The lowest BCUT2D eigenvalue weighted by atomic mass is 10.1. The summed E-state index contributed by atoms with van der Waals surface area (Å²) in [6.07, 6.45) is 0.935. The Morgan fingerprint density at radius 1 is 1.42 bits per heavy atom. The second-order valence-corrected chi connectivity index (χ2v) is 2.57. The molecular weight excluding hydrogens is 150 g/mol. The van der Waals surface area contributed by atoms with E-state index in [1.54, 1.807) is 0 Å². The monoisotopic (exact) mass is 167 g/mol. The van der Waals surface area contributed by atoms with Crippen molar-refractivity contribution in [1.82, 2.24) is 0 Å². The second kappa shape index (κ2) is 4.78. The van der Waals surface area contributed by atoms with Gasteiger partial charge in [-0.2, -0.15) is 0 Å². The molecule has 0 bridgehead atoms. The Morgan fingerprint density at radius 3 is 2.50 bits per heavy atom. The predicted molar refractivity (Wildman–Crippen MR) is 52.7 cm³/mol. The van der Waals surface area contributed by atoms with Crippen molar-refractivity contribution in [3.8, 4) is 0 Å². The van der Waals surface area contributed by atoms with Crippen molar-refractivity contribution in [3.63, 3.8) is 0 Å². The molecule has 12 heavy (non-hydrogen) atoms. The number of nitrogens with one attached hydrogen (secondary N) is 1. The highest BCUT2D eigenvalue weighted by molar-refractivity contribution is 5.55. The summed E-state index contributed by atoms with van der Waals surface area (Å²) in [6.45, 7) is 4.04. The summed E-state index contributed by atoms with van der Waals surface area (Å²) in [6, 6.07) is 5.97. The van der Waals surface area contributed by atoms with Gasteiger partial charge in [0.05, 0.1) is 5.69 Å². The van der Waals surface area contributed by atoms with Crippen LogP contribution in [0.15, 0.2) is 18.2 Å². The average molecular weight is 167 g/mol. The van der Waals surface area contributed by atoms with Gasteiger partial charge < -0.3 is 0 Å². The summed E-state index contributed by atoms with van der Waals surface area (Å²) in [5.74, 6) is 0. The molecule has 0 spiro atoms. The van der Waals surface area contributed by atoms with Crippen molar-refractivity contribution in [2.24, 2.45) is 0 Å². The highest BCUT2D eigenvalue weighted by Gasteiger charge is 2.00. The van der Waals surface area contributed by atoms with E-state index in [1.807, 2.05) is 25.1 Å². The van der Waals surface area contributed by atoms with Gasteiger partial charge in [-0.3, -0.25) is 10.7 Å². The zero-order valence-corrected chi connectivity index (χ0v) is 6.89. The van der Waals surface area contributed by atoms with Crippen LogP contribution in [-0.2, 0) is 6.42 Å². The molecule has 1 aromatic rings. The maximum atomic E-state index is 8.78. The number of anilines is 1. The standard InChI is InChI=1S/C9H13NO.CH4/c1-3-8-6-4-5-7(2)9(8)10-11;/h4-6,10-11H,3H2,1-2H3;1H4. The molecule has 0 aliphatic carbocycles. The van der Waals surface area contributed by atoms with E-state index in [-0.39, 0.29) is 7.43 Å². The number of aryl methyl sites for hydroxylation is 2. The Kier molecular flexibility index (Phi) is 4.37. The maximum absolute atomic E-state index is 8.78. The van der Waals surface area contributed by atoms with Crippen LogP contribution in [-0.4, -0.2) is 5.21 Å². The molecule has 0 amide bonds. The first-order chi connectivity index (χ1) is 5.29. The van der Waals surface area contributed by atoms with E-state index in [9.17, 15) is 0 Å². The van der Waals surface area contributed by atoms with Crippen molar-refractivity contribution in [3.05, 3.63) is 29.3 Å². The molecule has 0 saturated heterocycles. The van der Waals surface area contributed by atoms with Crippen molar-refractivity contribution < 1.29 is 5.21 Å². The van der Waals surface area contributed by atoms with Crippen LogP contribution in [0.3, 0.4) is 0 Å². The minimum atomic E-state index is 0. The van der Waals surface area contributed by atoms with E-state index in [0.29, 0.717) is 0 Å². The molecule has 68 valence electrons. The van der Waals surface area contributed by atoms with E-state index in [1.165, 1.54) is 0 Å². The molecule has 0 saturated carbocycles. The molecule has 2 nitrogen and oxygen atoms in total. The zero-order valence-electron chi connectivity index (χ0n) is 6.89. The fourth-order valence-electron chi connectivity index (χ4n) is 1.18. The van der Waals surface area contributed by atoms with Gasteiger partial charge in [-0.05, 0) is 24.5 Å². The van der Waals surface area contributed by atoms with Gasteiger partial charge in [0.1, 0.15) is 0 Å². The SMILES string of the molecule is C.CCc1cccc(C)c1NO. The lowest BCUT2D eigenvalue weighted by Crippen LogP contribution is -1.97. The first kappa shape index (κ1) is 11.0. The molecule has 1 aromatic carbocycles. The fourth-order valence-corrected chi connectivity index (χ4v) is 1.18. The van der Waals surface area contributed by atoms with Gasteiger partial charge in [-0.1, -0.05) is 32.5 Å². The Labute approximate surface area is 74.2 Å². The van der Waals surface area contributed by atoms with E-state index < -0.39 is 0 Å². The van der Waals surface area contributed by atoms with E-state index >= 15 is 0 Å². The number of para-hydroxylation sites is 1. The molecule has 0 atom stereocenters. The van der Waals surface area contributed by atoms with Gasteiger partial charge in [0, 0.05) is 0 Å². The summed E-state index contributed by atoms with van der Waals surface area (Å²) in [5.41, 5.74) is 5.28. The van der Waals surface area contributed by atoms with E-state index in [2.05, 4.69) is 12.4 Å². The maximum Gasteiger partial charge on any atom is 0.0663 e. The normalized spacial score (nSPS) is 8.92. The summed E-state index contributed by atoms with van der Waals surface area (Å²) in [5, 5.41) is 8.78. The van der Waals surface area contributed by atoms with Crippen LogP contribution >= 0.6 is 0 Å². The van der Waals surface area contributed by atoms with Gasteiger partial charge in [0.25, 0.3) is 0 Å². The fraction of sp³-hybridized carbons (Fsp3) is 0.400. The topological polar surface area (TPSA) is 32.3 Å². The van der Waals surface area contributed by atoms with Crippen LogP contribution in [0.1, 0.15) is 25.5 Å². The van der Waals surface area contributed by atoms with Crippen molar-refractivity contribution in [2.45, 2.75) is 27.7 Å². The first-order valence-electron chi connectivity index (χ1n) is 3.78. The van der Waals surface area contributed by atoms with Crippen molar-refractivity contribution in [2.75, 3.05) is 5.48 Å². The lowest BCUT2D eigenvalue weighted by molar-refractivity contribution is 0.387. The van der Waals surface area contributed by atoms with Crippen LogP contribution in [0, 0.1) is 6.92 Å². The predicted octanol–water partition coefficient (Wildman–Crippen LogP) is 2.99. The molecular formula is C10H17NO. The third-order valence-corrected chi connectivity index (χ3v) is 1.85. The van der Waals surface area contributed by atoms with E-state index in [0.717, 1.165) is 23.2 Å². The van der Waals surface area contributed by atoms with Crippen molar-refractivity contribution in [1.29, 1.82) is 0 Å². The largest absolute Gasteiger partial charge is 0.291 e. The van der Waals surface area contributed by atoms with Crippen LogP contribution in [0.5, 0.6) is 0 Å². The number of rotatable bonds is 2. The van der Waals surface area contributed by atoms with E-state index in [4.69, 9.17) is 5.21 Å². The zero-order chi connectivity index (χ0) is 8.27. The Morgan fingerprint density at radius 2 is 2.08 bits per heavy atom. The van der Waals surface area contributed by atoms with Crippen LogP contribution in [0.2, 0.25) is 0 Å². The third-order valence-electron chi connectivity index (χ3n) is 1.85. The van der Waals surface area contributed by atoms with Gasteiger partial charge in [0.15, 0.2) is 0 Å². The second-order valence-electron chi connectivity index (χ2n) is 2.57. The summed E-state index contributed by atoms with van der Waals surface area (Å²) < 4.78 is 0. The number of hydrogen-bond donors (Lipinski definition) is 2. The molecule has 2 N–H and O–H groups in total. The highest BCUT2D eigenvalue weighted by atomic mass is 16.5.